The van der Waals surface area contributed by atoms with Crippen molar-refractivity contribution < 1.29 is 24.2 Å². The van der Waals surface area contributed by atoms with Crippen molar-refractivity contribution in [2.75, 3.05) is 13.4 Å². The molecule has 0 fully saturated rings. The number of benzene rings is 1. The van der Waals surface area contributed by atoms with Gasteiger partial charge >= 0.3 is 5.97 Å². The van der Waals surface area contributed by atoms with Crippen LogP contribution in [-0.4, -0.2) is 30.2 Å². The van der Waals surface area contributed by atoms with Gasteiger partial charge in [0.25, 0.3) is 0 Å². The molecule has 2 rings (SSSR count). The molecule has 0 aliphatic carbocycles. The van der Waals surface area contributed by atoms with Crippen LogP contribution in [0.4, 0.5) is 0 Å². The Kier molecular flexibility index (Phi) is 3.13. The Labute approximate surface area is 97.4 Å². The van der Waals surface area contributed by atoms with Crippen LogP contribution in [0.5, 0.6) is 11.5 Å². The molecule has 0 unspecified atom stereocenters. The number of carboxylic acid groups (broad SMARTS) is 1. The molecule has 1 heterocycles. The van der Waals surface area contributed by atoms with E-state index >= 15 is 0 Å². The number of carboxylic acids is 1. The molecule has 1 N–H and O–H groups in total. The molecule has 6 nitrogen and oxygen atoms in total. The zero-order valence-electron chi connectivity index (χ0n) is 9.17. The average molecular weight is 237 g/mol. The molecule has 1 aliphatic heterocycles. The largest absolute Gasteiger partial charge is 0.479 e. The van der Waals surface area contributed by atoms with Crippen molar-refractivity contribution >= 4 is 11.7 Å². The monoisotopic (exact) mass is 237 g/mol. The predicted molar refractivity (Wildman–Crippen MR) is 58.4 cm³/mol. The summed E-state index contributed by atoms with van der Waals surface area (Å²) in [7, 11) is 0. The highest BCUT2D eigenvalue weighted by molar-refractivity contribution is 5.98. The fourth-order valence-corrected chi connectivity index (χ4v) is 1.36. The Morgan fingerprint density at radius 3 is 3.00 bits per heavy atom. The quantitative estimate of drug-likeness (QED) is 0.629. The molecule has 1 aliphatic rings. The maximum absolute atomic E-state index is 10.2. The molecule has 0 radical (unpaired) electrons. The summed E-state index contributed by atoms with van der Waals surface area (Å²) in [5.74, 6) is 0.274. The molecule has 0 bridgehead atoms. The summed E-state index contributed by atoms with van der Waals surface area (Å²) in [6, 6.07) is 5.34. The summed E-state index contributed by atoms with van der Waals surface area (Å²) in [5.41, 5.74) is 1.36. The molecule has 1 aromatic rings. The summed E-state index contributed by atoms with van der Waals surface area (Å²) >= 11 is 0. The highest BCUT2D eigenvalue weighted by atomic mass is 16.7. The van der Waals surface area contributed by atoms with Crippen LogP contribution in [-0.2, 0) is 9.63 Å². The van der Waals surface area contributed by atoms with E-state index in [1.165, 1.54) is 0 Å². The number of oxime groups is 1. The smallest absolute Gasteiger partial charge is 0.344 e. The fraction of sp³-hybridized carbons (Fsp3) is 0.273. The summed E-state index contributed by atoms with van der Waals surface area (Å²) in [6.07, 6.45) is 0. The van der Waals surface area contributed by atoms with E-state index in [0.717, 1.165) is 5.56 Å². The highest BCUT2D eigenvalue weighted by Gasteiger charge is 2.14. The first-order valence-electron chi connectivity index (χ1n) is 4.95. The summed E-state index contributed by atoms with van der Waals surface area (Å²) in [4.78, 5) is 14.9. The fourth-order valence-electron chi connectivity index (χ4n) is 1.36. The molecule has 0 saturated heterocycles. The Bertz CT molecular complexity index is 469. The summed E-state index contributed by atoms with van der Waals surface area (Å²) in [5, 5.41) is 12.1. The number of carbonyl (C=O) groups is 1. The van der Waals surface area contributed by atoms with Crippen LogP contribution in [0.25, 0.3) is 0 Å². The lowest BCUT2D eigenvalue weighted by atomic mass is 10.1. The van der Waals surface area contributed by atoms with E-state index in [2.05, 4.69) is 9.99 Å². The number of aliphatic carboxylic acids is 1. The van der Waals surface area contributed by atoms with E-state index < -0.39 is 12.6 Å². The van der Waals surface area contributed by atoms with Crippen LogP contribution in [0.1, 0.15) is 12.5 Å². The van der Waals surface area contributed by atoms with Crippen molar-refractivity contribution in [3.8, 4) is 11.5 Å². The van der Waals surface area contributed by atoms with Gasteiger partial charge in [0.2, 0.25) is 13.4 Å². The Morgan fingerprint density at radius 2 is 2.24 bits per heavy atom. The van der Waals surface area contributed by atoms with Crippen molar-refractivity contribution in [2.24, 2.45) is 5.16 Å². The normalized spacial score (nSPS) is 13.6. The third-order valence-electron chi connectivity index (χ3n) is 2.18. The Balaban J connectivity index is 2.08. The van der Waals surface area contributed by atoms with E-state index in [0.29, 0.717) is 17.2 Å². The van der Waals surface area contributed by atoms with Gasteiger partial charge in [-0.05, 0) is 25.1 Å². The topological polar surface area (TPSA) is 77.4 Å². The van der Waals surface area contributed by atoms with Gasteiger partial charge < -0.3 is 19.4 Å². The first-order valence-corrected chi connectivity index (χ1v) is 4.95. The predicted octanol–water partition coefficient (Wildman–Crippen LogP) is 1.24. The minimum Gasteiger partial charge on any atom is -0.479 e. The SMILES string of the molecule is C/C(=N\OCC(=O)O)c1ccc2c(c1)OCO2. The van der Waals surface area contributed by atoms with Crippen LogP contribution in [0.2, 0.25) is 0 Å². The number of ether oxygens (including phenoxy) is 2. The molecule has 0 aromatic heterocycles. The molecular formula is C11H11NO5. The average Bonchev–Trinajstić information content (AvgIpc) is 2.75. The van der Waals surface area contributed by atoms with Gasteiger partial charge in [0.1, 0.15) is 0 Å². The lowest BCUT2D eigenvalue weighted by Crippen LogP contribution is -2.05. The lowest BCUT2D eigenvalue weighted by Gasteiger charge is -2.02. The van der Waals surface area contributed by atoms with Crippen LogP contribution in [0, 0.1) is 0 Å². The minimum atomic E-state index is -1.06. The van der Waals surface area contributed by atoms with Crippen molar-refractivity contribution in [3.63, 3.8) is 0 Å². The van der Waals surface area contributed by atoms with Gasteiger partial charge in [0.05, 0.1) is 5.71 Å². The summed E-state index contributed by atoms with van der Waals surface area (Å²) < 4.78 is 10.4. The number of fused-ring (bicyclic) bond motifs is 1. The molecule has 1 aromatic carbocycles. The van der Waals surface area contributed by atoms with Crippen LogP contribution >= 0.6 is 0 Å². The third-order valence-corrected chi connectivity index (χ3v) is 2.18. The van der Waals surface area contributed by atoms with E-state index in [1.54, 1.807) is 25.1 Å². The zero-order valence-corrected chi connectivity index (χ0v) is 9.17. The first kappa shape index (κ1) is 11.3. The van der Waals surface area contributed by atoms with Gasteiger partial charge in [-0.25, -0.2) is 4.79 Å². The van der Waals surface area contributed by atoms with Crippen molar-refractivity contribution in [2.45, 2.75) is 6.92 Å². The molecule has 0 saturated carbocycles. The number of nitrogens with zero attached hydrogens (tertiary/aromatic N) is 1. The van der Waals surface area contributed by atoms with Crippen LogP contribution in [0.3, 0.4) is 0 Å². The van der Waals surface area contributed by atoms with Gasteiger partial charge in [-0.1, -0.05) is 5.16 Å². The highest BCUT2D eigenvalue weighted by Crippen LogP contribution is 2.32. The van der Waals surface area contributed by atoms with Crippen LogP contribution in [0.15, 0.2) is 23.4 Å². The maximum atomic E-state index is 10.2. The molecule has 90 valence electrons. The van der Waals surface area contributed by atoms with Gasteiger partial charge in [-0.3, -0.25) is 0 Å². The molecule has 0 spiro atoms. The second-order valence-corrected chi connectivity index (χ2v) is 3.41. The third kappa shape index (κ3) is 2.66. The van der Waals surface area contributed by atoms with Gasteiger partial charge in [0.15, 0.2) is 11.5 Å². The van der Waals surface area contributed by atoms with Gasteiger partial charge in [-0.15, -0.1) is 0 Å². The van der Waals surface area contributed by atoms with Gasteiger partial charge in [-0.2, -0.15) is 0 Å². The van der Waals surface area contributed by atoms with Crippen LogP contribution < -0.4 is 9.47 Å². The molecule has 17 heavy (non-hydrogen) atoms. The first-order chi connectivity index (χ1) is 8.16. The Morgan fingerprint density at radius 1 is 1.47 bits per heavy atom. The van der Waals surface area contributed by atoms with Gasteiger partial charge in [0, 0.05) is 5.56 Å². The Hall–Kier alpha value is -2.24. The molecular weight excluding hydrogens is 226 g/mol. The second kappa shape index (κ2) is 4.73. The molecule has 0 amide bonds. The maximum Gasteiger partial charge on any atom is 0.344 e. The van der Waals surface area contributed by atoms with E-state index in [1.807, 2.05) is 0 Å². The number of rotatable bonds is 4. The van der Waals surface area contributed by atoms with Crippen molar-refractivity contribution in [1.82, 2.24) is 0 Å². The van der Waals surface area contributed by atoms with Crippen molar-refractivity contribution in [1.29, 1.82) is 0 Å². The molecule has 6 heteroatoms. The number of hydrogen-bond acceptors (Lipinski definition) is 5. The summed E-state index contributed by atoms with van der Waals surface area (Å²) in [6.45, 7) is 1.48. The standard InChI is InChI=1S/C11H11NO5/c1-7(12-17-5-11(13)14)8-2-3-9-10(4-8)16-6-15-9/h2-4H,5-6H2,1H3,(H,13,14)/b12-7+. The minimum absolute atomic E-state index is 0.213. The second-order valence-electron chi connectivity index (χ2n) is 3.41. The zero-order chi connectivity index (χ0) is 12.3. The van der Waals surface area contributed by atoms with Crippen molar-refractivity contribution in [3.05, 3.63) is 23.8 Å². The molecule has 0 atom stereocenters. The van der Waals surface area contributed by atoms with E-state index in [9.17, 15) is 4.79 Å². The lowest BCUT2D eigenvalue weighted by molar-refractivity contribution is -0.142. The van der Waals surface area contributed by atoms with E-state index in [4.69, 9.17) is 14.6 Å². The van der Waals surface area contributed by atoms with E-state index in [-0.39, 0.29) is 6.79 Å². The number of hydrogen-bond donors (Lipinski definition) is 1.